The minimum absolute atomic E-state index is 0.0895. The molecule has 1 amide bonds. The summed E-state index contributed by atoms with van der Waals surface area (Å²) in [6.45, 7) is 3.38. The Kier molecular flexibility index (Phi) is 5.33. The van der Waals surface area contributed by atoms with E-state index in [1.54, 1.807) is 24.5 Å². The van der Waals surface area contributed by atoms with Gasteiger partial charge in [-0.3, -0.25) is 9.78 Å². The molecule has 1 aromatic heterocycles. The molecule has 1 fully saturated rings. The quantitative estimate of drug-likeness (QED) is 0.829. The molecule has 4 heteroatoms. The third kappa shape index (κ3) is 4.31. The number of carbonyl (C=O) groups is 1. The summed E-state index contributed by atoms with van der Waals surface area (Å²) in [6, 6.07) is 3.52. The monoisotopic (exact) mass is 262 g/mol. The smallest absolute Gasteiger partial charge is 0.252 e. The molecule has 4 nitrogen and oxygen atoms in total. The molecule has 0 bridgehead atoms. The van der Waals surface area contributed by atoms with Crippen LogP contribution >= 0.6 is 0 Å². The second-order valence-electron chi connectivity index (χ2n) is 5.17. The molecular weight excluding hydrogens is 240 g/mol. The van der Waals surface area contributed by atoms with Gasteiger partial charge >= 0.3 is 0 Å². The van der Waals surface area contributed by atoms with Crippen LogP contribution in [0.5, 0.6) is 0 Å². The predicted molar refractivity (Wildman–Crippen MR) is 73.9 cm³/mol. The fourth-order valence-electron chi connectivity index (χ4n) is 2.50. The first-order chi connectivity index (χ1) is 9.27. The summed E-state index contributed by atoms with van der Waals surface area (Å²) >= 11 is 0. The van der Waals surface area contributed by atoms with Gasteiger partial charge in [0.2, 0.25) is 0 Å². The number of carbonyl (C=O) groups excluding carboxylic acids is 1. The van der Waals surface area contributed by atoms with E-state index in [9.17, 15) is 4.79 Å². The van der Waals surface area contributed by atoms with Gasteiger partial charge in [-0.15, -0.1) is 0 Å². The molecule has 0 radical (unpaired) electrons. The van der Waals surface area contributed by atoms with Gasteiger partial charge in [0.1, 0.15) is 0 Å². The summed E-state index contributed by atoms with van der Waals surface area (Å²) in [5.41, 5.74) is 0.591. The van der Waals surface area contributed by atoms with Crippen LogP contribution in [-0.4, -0.2) is 30.1 Å². The molecule has 2 atom stereocenters. The van der Waals surface area contributed by atoms with Crippen molar-refractivity contribution < 1.29 is 9.53 Å². The minimum atomic E-state index is -0.0895. The van der Waals surface area contributed by atoms with E-state index in [4.69, 9.17) is 4.74 Å². The van der Waals surface area contributed by atoms with Gasteiger partial charge in [-0.1, -0.05) is 19.8 Å². The first-order valence-corrected chi connectivity index (χ1v) is 7.07. The minimum Gasteiger partial charge on any atom is -0.376 e. The lowest BCUT2D eigenvalue weighted by atomic mass is 9.88. The van der Waals surface area contributed by atoms with Crippen LogP contribution in [0, 0.1) is 5.92 Å². The van der Waals surface area contributed by atoms with Gasteiger partial charge in [0, 0.05) is 18.9 Å². The third-order valence-electron chi connectivity index (χ3n) is 3.68. The van der Waals surface area contributed by atoms with Crippen LogP contribution < -0.4 is 5.32 Å². The van der Waals surface area contributed by atoms with Crippen molar-refractivity contribution in [1.29, 1.82) is 0 Å². The summed E-state index contributed by atoms with van der Waals surface area (Å²) in [4.78, 5) is 15.7. The fourth-order valence-corrected chi connectivity index (χ4v) is 2.50. The van der Waals surface area contributed by atoms with Gasteiger partial charge in [0.05, 0.1) is 18.3 Å². The van der Waals surface area contributed by atoms with E-state index in [1.807, 2.05) is 0 Å². The highest BCUT2D eigenvalue weighted by Gasteiger charge is 2.21. The van der Waals surface area contributed by atoms with Crippen LogP contribution in [0.15, 0.2) is 24.5 Å². The zero-order valence-corrected chi connectivity index (χ0v) is 11.5. The maximum atomic E-state index is 11.8. The number of ether oxygens (including phenoxy) is 1. The van der Waals surface area contributed by atoms with Crippen molar-refractivity contribution in [3.8, 4) is 0 Å². The number of amides is 1. The average molecular weight is 262 g/mol. The predicted octanol–water partition coefficient (Wildman–Crippen LogP) is 2.41. The van der Waals surface area contributed by atoms with Crippen molar-refractivity contribution in [2.24, 2.45) is 5.92 Å². The summed E-state index contributed by atoms with van der Waals surface area (Å²) in [6.07, 6.45) is 8.58. The Morgan fingerprint density at radius 1 is 1.47 bits per heavy atom. The molecule has 2 rings (SSSR count). The molecule has 1 aliphatic rings. The first kappa shape index (κ1) is 14.0. The lowest BCUT2D eigenvalue weighted by Crippen LogP contribution is -2.31. The highest BCUT2D eigenvalue weighted by molar-refractivity contribution is 5.93. The summed E-state index contributed by atoms with van der Waals surface area (Å²) in [5.74, 6) is 0.552. The third-order valence-corrected chi connectivity index (χ3v) is 3.68. The standard InChI is InChI=1S/C15H22N2O2/c1-12-5-2-3-7-14(12)19-10-9-17-15(18)13-6-4-8-16-11-13/h4,6,8,11-12,14H,2-3,5,7,9-10H2,1H3,(H,17,18)/t12-,14+/m0/s1. The maximum Gasteiger partial charge on any atom is 0.252 e. The molecule has 0 aliphatic heterocycles. The summed E-state index contributed by atoms with van der Waals surface area (Å²) in [7, 11) is 0. The molecule has 19 heavy (non-hydrogen) atoms. The number of pyridine rings is 1. The largest absolute Gasteiger partial charge is 0.376 e. The van der Waals surface area contributed by atoms with Crippen LogP contribution in [0.25, 0.3) is 0 Å². The molecule has 1 heterocycles. The van der Waals surface area contributed by atoms with Crippen molar-refractivity contribution in [2.45, 2.75) is 38.7 Å². The van der Waals surface area contributed by atoms with Gasteiger partial charge in [-0.05, 0) is 30.9 Å². The van der Waals surface area contributed by atoms with Crippen LogP contribution in [0.3, 0.4) is 0 Å². The van der Waals surface area contributed by atoms with E-state index in [2.05, 4.69) is 17.2 Å². The average Bonchev–Trinajstić information content (AvgIpc) is 2.46. The molecule has 0 saturated heterocycles. The Hall–Kier alpha value is -1.42. The van der Waals surface area contributed by atoms with E-state index in [1.165, 1.54) is 19.3 Å². The van der Waals surface area contributed by atoms with Gasteiger partial charge in [-0.25, -0.2) is 0 Å². The van der Waals surface area contributed by atoms with Crippen molar-refractivity contribution >= 4 is 5.91 Å². The van der Waals surface area contributed by atoms with Crippen LogP contribution in [0.1, 0.15) is 43.0 Å². The number of nitrogens with one attached hydrogen (secondary N) is 1. The van der Waals surface area contributed by atoms with Gasteiger partial charge in [0.25, 0.3) is 5.91 Å². The van der Waals surface area contributed by atoms with Crippen molar-refractivity contribution in [1.82, 2.24) is 10.3 Å². The highest BCUT2D eigenvalue weighted by atomic mass is 16.5. The van der Waals surface area contributed by atoms with E-state index < -0.39 is 0 Å². The molecule has 0 unspecified atom stereocenters. The van der Waals surface area contributed by atoms with Crippen LogP contribution in [0.4, 0.5) is 0 Å². The lowest BCUT2D eigenvalue weighted by molar-refractivity contribution is -0.00294. The van der Waals surface area contributed by atoms with E-state index in [0.29, 0.717) is 30.7 Å². The topological polar surface area (TPSA) is 51.2 Å². The normalized spacial score (nSPS) is 23.0. The van der Waals surface area contributed by atoms with Crippen LogP contribution in [-0.2, 0) is 4.74 Å². The Bertz CT molecular complexity index is 394. The van der Waals surface area contributed by atoms with Gasteiger partial charge in [0.15, 0.2) is 0 Å². The number of hydrogen-bond donors (Lipinski definition) is 1. The fraction of sp³-hybridized carbons (Fsp3) is 0.600. The van der Waals surface area contributed by atoms with E-state index in [-0.39, 0.29) is 5.91 Å². The summed E-state index contributed by atoms with van der Waals surface area (Å²) in [5, 5.41) is 2.85. The highest BCUT2D eigenvalue weighted by Crippen LogP contribution is 2.25. The summed E-state index contributed by atoms with van der Waals surface area (Å²) < 4.78 is 5.85. The Labute approximate surface area is 114 Å². The lowest BCUT2D eigenvalue weighted by Gasteiger charge is -2.28. The molecule has 0 spiro atoms. The first-order valence-electron chi connectivity index (χ1n) is 7.07. The number of aromatic nitrogens is 1. The SMILES string of the molecule is C[C@H]1CCCC[C@H]1OCCNC(=O)c1cccnc1. The molecule has 1 aromatic rings. The number of rotatable bonds is 5. The second-order valence-corrected chi connectivity index (χ2v) is 5.17. The zero-order chi connectivity index (χ0) is 13.5. The number of hydrogen-bond acceptors (Lipinski definition) is 3. The Morgan fingerprint density at radius 2 is 2.32 bits per heavy atom. The zero-order valence-electron chi connectivity index (χ0n) is 11.5. The van der Waals surface area contributed by atoms with Gasteiger partial charge in [-0.2, -0.15) is 0 Å². The van der Waals surface area contributed by atoms with Crippen molar-refractivity contribution in [2.75, 3.05) is 13.2 Å². The second kappa shape index (κ2) is 7.24. The Morgan fingerprint density at radius 3 is 3.05 bits per heavy atom. The van der Waals surface area contributed by atoms with Crippen molar-refractivity contribution in [3.05, 3.63) is 30.1 Å². The van der Waals surface area contributed by atoms with Crippen molar-refractivity contribution in [3.63, 3.8) is 0 Å². The molecule has 1 saturated carbocycles. The molecule has 1 aliphatic carbocycles. The van der Waals surface area contributed by atoms with E-state index in [0.717, 1.165) is 6.42 Å². The van der Waals surface area contributed by atoms with Crippen LogP contribution in [0.2, 0.25) is 0 Å². The molecule has 104 valence electrons. The molecule has 0 aromatic carbocycles. The maximum absolute atomic E-state index is 11.8. The number of nitrogens with zero attached hydrogens (tertiary/aromatic N) is 1. The van der Waals surface area contributed by atoms with E-state index >= 15 is 0 Å². The molecule has 1 N–H and O–H groups in total. The Balaban J connectivity index is 1.65. The van der Waals surface area contributed by atoms with Gasteiger partial charge < -0.3 is 10.1 Å². The molecular formula is C15H22N2O2.